The molecule has 1 amide bonds. The number of ether oxygens (including phenoxy) is 1. The first-order valence-electron chi connectivity index (χ1n) is 6.82. The highest BCUT2D eigenvalue weighted by Crippen LogP contribution is 2.12. The van der Waals surface area contributed by atoms with Crippen molar-refractivity contribution in [3.05, 3.63) is 58.2 Å². The normalized spacial score (nSPS) is 11.8. The molecule has 0 aromatic heterocycles. The van der Waals surface area contributed by atoms with Crippen molar-refractivity contribution in [1.82, 2.24) is 5.32 Å². The Morgan fingerprint density at radius 3 is 2.45 bits per heavy atom. The Morgan fingerprint density at radius 2 is 1.91 bits per heavy atom. The number of nitrogens with one attached hydrogen (secondary N) is 1. The largest absolute Gasteiger partial charge is 0.444 e. The van der Waals surface area contributed by atoms with E-state index in [4.69, 9.17) is 4.74 Å². The molecule has 0 aliphatic heterocycles. The van der Waals surface area contributed by atoms with Gasteiger partial charge in [0, 0.05) is 18.7 Å². The lowest BCUT2D eigenvalue weighted by atomic mass is 10.2. The fourth-order valence-electron chi connectivity index (χ4n) is 1.48. The lowest BCUT2D eigenvalue weighted by molar-refractivity contribution is -0.384. The third-order valence-electron chi connectivity index (χ3n) is 2.40. The van der Waals surface area contributed by atoms with Crippen molar-refractivity contribution in [3.8, 4) is 0 Å². The number of nitrogens with zero attached hydrogens (tertiary/aromatic N) is 1. The molecule has 0 spiro atoms. The second kappa shape index (κ2) is 7.97. The highest BCUT2D eigenvalue weighted by Gasteiger charge is 2.14. The van der Waals surface area contributed by atoms with Crippen molar-refractivity contribution in [1.29, 1.82) is 0 Å². The van der Waals surface area contributed by atoms with Crippen LogP contribution >= 0.6 is 0 Å². The number of hydrogen-bond acceptors (Lipinski definition) is 4. The minimum absolute atomic E-state index is 0.0641. The van der Waals surface area contributed by atoms with Crippen LogP contribution in [0.5, 0.6) is 0 Å². The second-order valence-corrected chi connectivity index (χ2v) is 5.52. The number of carbonyl (C=O) groups excluding carboxylic acids is 1. The van der Waals surface area contributed by atoms with Gasteiger partial charge in [-0.3, -0.25) is 10.1 Å². The molecule has 0 aliphatic carbocycles. The summed E-state index contributed by atoms with van der Waals surface area (Å²) in [6, 6.07) is 6.24. The molecule has 0 atom stereocenters. The number of hydrogen-bond donors (Lipinski definition) is 1. The molecule has 0 fully saturated rings. The van der Waals surface area contributed by atoms with Crippen molar-refractivity contribution >= 4 is 17.9 Å². The van der Waals surface area contributed by atoms with Crippen LogP contribution in [0.3, 0.4) is 0 Å². The quantitative estimate of drug-likeness (QED) is 0.511. The van der Waals surface area contributed by atoms with Crippen molar-refractivity contribution in [2.75, 3.05) is 6.54 Å². The summed E-state index contributed by atoms with van der Waals surface area (Å²) in [4.78, 5) is 21.4. The van der Waals surface area contributed by atoms with Gasteiger partial charge in [-0.15, -0.1) is 0 Å². The van der Waals surface area contributed by atoms with Gasteiger partial charge in [0.15, 0.2) is 0 Å². The molecular weight excluding hydrogens is 284 g/mol. The standard InChI is InChI=1S/C16H20N2O4/c1-16(2,3)22-15(19)17-12-6-4-5-7-13-8-10-14(11-9-13)18(20)21/h4-11H,12H2,1-3H3,(H,17,19)/b6-4+,7-5?. The zero-order valence-corrected chi connectivity index (χ0v) is 12.9. The molecule has 6 heteroatoms. The fraction of sp³-hybridized carbons (Fsp3) is 0.312. The third kappa shape index (κ3) is 7.23. The van der Waals surface area contributed by atoms with E-state index in [2.05, 4.69) is 5.32 Å². The first kappa shape index (κ1) is 17.4. The first-order valence-corrected chi connectivity index (χ1v) is 6.82. The summed E-state index contributed by atoms with van der Waals surface area (Å²) in [5.41, 5.74) is 0.411. The summed E-state index contributed by atoms with van der Waals surface area (Å²) < 4.78 is 5.09. The van der Waals surface area contributed by atoms with Crippen LogP contribution in [0, 0.1) is 10.1 Å². The second-order valence-electron chi connectivity index (χ2n) is 5.52. The van der Waals surface area contributed by atoms with E-state index >= 15 is 0 Å². The molecule has 0 unspecified atom stereocenters. The van der Waals surface area contributed by atoms with Crippen LogP contribution in [0.4, 0.5) is 10.5 Å². The van der Waals surface area contributed by atoms with E-state index in [1.165, 1.54) is 12.1 Å². The van der Waals surface area contributed by atoms with E-state index in [0.29, 0.717) is 6.54 Å². The average Bonchev–Trinajstić information content (AvgIpc) is 2.41. The molecule has 6 nitrogen and oxygen atoms in total. The topological polar surface area (TPSA) is 81.5 Å². The number of benzene rings is 1. The maximum atomic E-state index is 11.4. The van der Waals surface area contributed by atoms with Gasteiger partial charge >= 0.3 is 6.09 Å². The number of rotatable bonds is 5. The predicted molar refractivity (Wildman–Crippen MR) is 85.5 cm³/mol. The smallest absolute Gasteiger partial charge is 0.407 e. The number of allylic oxidation sites excluding steroid dienone is 2. The third-order valence-corrected chi connectivity index (χ3v) is 2.40. The van der Waals surface area contributed by atoms with Crippen molar-refractivity contribution in [2.45, 2.75) is 26.4 Å². The molecule has 1 rings (SSSR count). The van der Waals surface area contributed by atoms with Crippen LogP contribution < -0.4 is 5.32 Å². The molecule has 0 aliphatic rings. The van der Waals surface area contributed by atoms with E-state index in [0.717, 1.165) is 5.56 Å². The SMILES string of the molecule is CC(C)(C)OC(=O)NC/C=C/C=Cc1ccc([N+](=O)[O-])cc1. The maximum Gasteiger partial charge on any atom is 0.407 e. The van der Waals surface area contributed by atoms with Gasteiger partial charge < -0.3 is 10.1 Å². The number of amides is 1. The molecular formula is C16H20N2O4. The summed E-state index contributed by atoms with van der Waals surface area (Å²) >= 11 is 0. The van der Waals surface area contributed by atoms with Crippen LogP contribution in [-0.4, -0.2) is 23.2 Å². The summed E-state index contributed by atoms with van der Waals surface area (Å²) in [5.74, 6) is 0. The zero-order valence-electron chi connectivity index (χ0n) is 12.9. The molecule has 0 saturated heterocycles. The highest BCUT2D eigenvalue weighted by atomic mass is 16.6. The van der Waals surface area contributed by atoms with Gasteiger partial charge in [-0.05, 0) is 38.5 Å². The first-order chi connectivity index (χ1) is 10.3. The van der Waals surface area contributed by atoms with Crippen LogP contribution in [-0.2, 0) is 4.74 Å². The Bertz CT molecular complexity index is 569. The maximum absolute atomic E-state index is 11.4. The monoisotopic (exact) mass is 304 g/mol. The predicted octanol–water partition coefficient (Wildman–Crippen LogP) is 3.69. The van der Waals surface area contributed by atoms with E-state index in [-0.39, 0.29) is 5.69 Å². The van der Waals surface area contributed by atoms with Crippen molar-refractivity contribution < 1.29 is 14.5 Å². The van der Waals surface area contributed by atoms with Gasteiger partial charge in [0.05, 0.1) is 4.92 Å². The average molecular weight is 304 g/mol. The number of nitro groups is 1. The van der Waals surface area contributed by atoms with Gasteiger partial charge in [-0.25, -0.2) is 4.79 Å². The summed E-state index contributed by atoms with van der Waals surface area (Å²) in [6.45, 7) is 5.76. The Labute approximate surface area is 129 Å². The van der Waals surface area contributed by atoms with E-state index in [1.54, 1.807) is 51.1 Å². The van der Waals surface area contributed by atoms with E-state index < -0.39 is 16.6 Å². The molecule has 1 aromatic carbocycles. The van der Waals surface area contributed by atoms with Crippen molar-refractivity contribution in [3.63, 3.8) is 0 Å². The zero-order chi connectivity index (χ0) is 16.6. The minimum atomic E-state index is -0.510. The lowest BCUT2D eigenvalue weighted by Gasteiger charge is -2.19. The van der Waals surface area contributed by atoms with Crippen LogP contribution in [0.15, 0.2) is 42.5 Å². The Morgan fingerprint density at radius 1 is 1.27 bits per heavy atom. The minimum Gasteiger partial charge on any atom is -0.444 e. The van der Waals surface area contributed by atoms with Gasteiger partial charge in [0.2, 0.25) is 0 Å². The fourth-order valence-corrected chi connectivity index (χ4v) is 1.48. The Kier molecular flexibility index (Phi) is 6.31. The highest BCUT2D eigenvalue weighted by molar-refractivity contribution is 5.67. The molecule has 0 radical (unpaired) electrons. The summed E-state index contributed by atoms with van der Waals surface area (Å²) in [6.07, 6.45) is 6.69. The molecule has 0 bridgehead atoms. The summed E-state index contributed by atoms with van der Waals surface area (Å²) in [5, 5.41) is 13.1. The van der Waals surface area contributed by atoms with Crippen LogP contribution in [0.1, 0.15) is 26.3 Å². The number of nitro benzene ring substituents is 1. The molecule has 118 valence electrons. The Balaban J connectivity index is 2.36. The molecule has 0 heterocycles. The lowest BCUT2D eigenvalue weighted by Crippen LogP contribution is -2.32. The summed E-state index contributed by atoms with van der Waals surface area (Å²) in [7, 11) is 0. The van der Waals surface area contributed by atoms with Gasteiger partial charge in [0.1, 0.15) is 5.60 Å². The molecule has 1 aromatic rings. The van der Waals surface area contributed by atoms with Gasteiger partial charge in [-0.2, -0.15) is 0 Å². The van der Waals surface area contributed by atoms with Gasteiger partial charge in [-0.1, -0.05) is 24.3 Å². The number of alkyl carbamates (subject to hydrolysis) is 1. The molecule has 22 heavy (non-hydrogen) atoms. The van der Waals surface area contributed by atoms with E-state index in [9.17, 15) is 14.9 Å². The Hall–Kier alpha value is -2.63. The molecule has 1 N–H and O–H groups in total. The molecule has 0 saturated carbocycles. The van der Waals surface area contributed by atoms with Crippen LogP contribution in [0.2, 0.25) is 0 Å². The van der Waals surface area contributed by atoms with Crippen molar-refractivity contribution in [2.24, 2.45) is 0 Å². The number of carbonyl (C=O) groups is 1. The van der Waals surface area contributed by atoms with Gasteiger partial charge in [0.25, 0.3) is 5.69 Å². The van der Waals surface area contributed by atoms with Crippen LogP contribution in [0.25, 0.3) is 6.08 Å². The number of non-ortho nitro benzene ring substituents is 1. The van der Waals surface area contributed by atoms with E-state index in [1.807, 2.05) is 6.08 Å².